The van der Waals surface area contributed by atoms with Gasteiger partial charge in [-0.15, -0.1) is 0 Å². The molecule has 0 spiro atoms. The zero-order chi connectivity index (χ0) is 16.2. The van der Waals surface area contributed by atoms with Gasteiger partial charge in [0.1, 0.15) is 12.3 Å². The number of amides is 1. The van der Waals surface area contributed by atoms with Crippen molar-refractivity contribution in [2.75, 3.05) is 32.6 Å². The van der Waals surface area contributed by atoms with Crippen molar-refractivity contribution in [3.63, 3.8) is 0 Å². The Morgan fingerprint density at radius 3 is 2.57 bits per heavy atom. The lowest BCUT2D eigenvalue weighted by Gasteiger charge is -2.15. The highest BCUT2D eigenvalue weighted by molar-refractivity contribution is 5.95. The molecule has 9 heteroatoms. The molecule has 0 saturated carbocycles. The van der Waals surface area contributed by atoms with E-state index < -0.39 is 35.6 Å². The summed E-state index contributed by atoms with van der Waals surface area (Å²) in [5.74, 6) is -3.84. The summed E-state index contributed by atoms with van der Waals surface area (Å²) in [5, 5.41) is 21.6. The minimum Gasteiger partial charge on any atom is -0.390 e. The van der Waals surface area contributed by atoms with Crippen molar-refractivity contribution in [2.24, 2.45) is 0 Å². The normalized spacial score (nSPS) is 11.1. The summed E-state index contributed by atoms with van der Waals surface area (Å²) in [6.45, 7) is -2.32. The van der Waals surface area contributed by atoms with Crippen LogP contribution in [0.3, 0.4) is 0 Å². The van der Waals surface area contributed by atoms with Gasteiger partial charge in [-0.3, -0.25) is 14.9 Å². The fraction of sp³-hybridized carbons (Fsp3) is 0.417. The number of halogens is 2. The number of carbonyl (C=O) groups is 1. The topological polar surface area (TPSA) is 95.7 Å². The molecule has 1 aromatic rings. The predicted molar refractivity (Wildman–Crippen MR) is 71.6 cm³/mol. The Hall–Kier alpha value is -2.29. The number of anilines is 1. The van der Waals surface area contributed by atoms with Crippen molar-refractivity contribution < 1.29 is 23.6 Å². The van der Waals surface area contributed by atoms with Crippen molar-refractivity contribution in [3.05, 3.63) is 33.9 Å². The Morgan fingerprint density at radius 1 is 1.48 bits per heavy atom. The number of nitrogens with one attached hydrogen (secondary N) is 1. The molecule has 0 aromatic heterocycles. The summed E-state index contributed by atoms with van der Waals surface area (Å²) in [7, 11) is 2.98. The minimum atomic E-state index is -3.40. The van der Waals surface area contributed by atoms with E-state index >= 15 is 0 Å². The molecule has 1 aromatic carbocycles. The summed E-state index contributed by atoms with van der Waals surface area (Å²) < 4.78 is 25.9. The number of rotatable bonds is 6. The van der Waals surface area contributed by atoms with Gasteiger partial charge in [-0.2, -0.15) is 0 Å². The maximum atomic E-state index is 12.9. The van der Waals surface area contributed by atoms with E-state index in [2.05, 4.69) is 5.32 Å². The zero-order valence-electron chi connectivity index (χ0n) is 11.5. The number of nitro groups is 1. The molecule has 1 amide bonds. The SMILES string of the molecule is CN(C)C(=O)c1ccc(NCC(F)(F)CO)c([N+](=O)[O-])c1. The number of hydrogen-bond donors (Lipinski definition) is 2. The van der Waals surface area contributed by atoms with E-state index in [0.29, 0.717) is 0 Å². The van der Waals surface area contributed by atoms with Crippen LogP contribution >= 0.6 is 0 Å². The highest BCUT2D eigenvalue weighted by Gasteiger charge is 2.28. The molecule has 116 valence electrons. The van der Waals surface area contributed by atoms with Gasteiger partial charge in [0, 0.05) is 25.7 Å². The van der Waals surface area contributed by atoms with Crippen molar-refractivity contribution in [1.82, 2.24) is 4.90 Å². The Balaban J connectivity index is 3.06. The number of aliphatic hydroxyl groups excluding tert-OH is 1. The zero-order valence-corrected chi connectivity index (χ0v) is 11.5. The standard InChI is InChI=1S/C12H15F2N3O4/c1-16(2)11(19)8-3-4-9(10(5-8)17(20)21)15-6-12(13,14)7-18/h3-5,15,18H,6-7H2,1-2H3. The number of carbonyl (C=O) groups excluding carboxylic acids is 1. The first kappa shape index (κ1) is 16.8. The fourth-order valence-electron chi connectivity index (χ4n) is 1.50. The average Bonchev–Trinajstić information content (AvgIpc) is 2.44. The summed E-state index contributed by atoms with van der Waals surface area (Å²) in [4.78, 5) is 23.2. The number of nitro benzene ring substituents is 1. The highest BCUT2D eigenvalue weighted by atomic mass is 19.3. The molecule has 0 bridgehead atoms. The van der Waals surface area contributed by atoms with E-state index in [1.54, 1.807) is 0 Å². The first-order chi connectivity index (χ1) is 9.68. The average molecular weight is 303 g/mol. The first-order valence-electron chi connectivity index (χ1n) is 5.90. The molecule has 7 nitrogen and oxygen atoms in total. The third-order valence-electron chi connectivity index (χ3n) is 2.62. The molecular weight excluding hydrogens is 288 g/mol. The molecule has 0 atom stereocenters. The monoisotopic (exact) mass is 303 g/mol. The van der Waals surface area contributed by atoms with Gasteiger partial charge in [0.25, 0.3) is 17.5 Å². The molecule has 0 aliphatic rings. The van der Waals surface area contributed by atoms with E-state index in [1.807, 2.05) is 0 Å². The maximum Gasteiger partial charge on any atom is 0.293 e. The van der Waals surface area contributed by atoms with Gasteiger partial charge in [-0.05, 0) is 12.1 Å². The summed E-state index contributed by atoms with van der Waals surface area (Å²) in [6.07, 6.45) is 0. The second-order valence-corrected chi connectivity index (χ2v) is 4.56. The number of aliphatic hydroxyl groups is 1. The lowest BCUT2D eigenvalue weighted by molar-refractivity contribution is -0.384. The molecule has 0 aliphatic heterocycles. The molecule has 0 unspecified atom stereocenters. The van der Waals surface area contributed by atoms with Crippen LogP contribution in [-0.4, -0.2) is 54.0 Å². The van der Waals surface area contributed by atoms with Gasteiger partial charge in [0.15, 0.2) is 0 Å². The molecular formula is C12H15F2N3O4. The Labute approximate surface area is 119 Å². The second-order valence-electron chi connectivity index (χ2n) is 4.56. The molecule has 1 rings (SSSR count). The van der Waals surface area contributed by atoms with Crippen LogP contribution in [0.2, 0.25) is 0 Å². The smallest absolute Gasteiger partial charge is 0.293 e. The number of nitrogens with zero attached hydrogens (tertiary/aromatic N) is 2. The van der Waals surface area contributed by atoms with Gasteiger partial charge in [-0.1, -0.05) is 0 Å². The van der Waals surface area contributed by atoms with Crippen molar-refractivity contribution in [3.8, 4) is 0 Å². The van der Waals surface area contributed by atoms with Crippen LogP contribution in [0.25, 0.3) is 0 Å². The molecule has 0 fully saturated rings. The Bertz CT molecular complexity index is 549. The van der Waals surface area contributed by atoms with Gasteiger partial charge in [0.2, 0.25) is 0 Å². The number of alkyl halides is 2. The fourth-order valence-corrected chi connectivity index (χ4v) is 1.50. The van der Waals surface area contributed by atoms with Crippen LogP contribution in [0.15, 0.2) is 18.2 Å². The largest absolute Gasteiger partial charge is 0.390 e. The van der Waals surface area contributed by atoms with E-state index in [4.69, 9.17) is 5.11 Å². The summed E-state index contributed by atoms with van der Waals surface area (Å²) >= 11 is 0. The van der Waals surface area contributed by atoms with E-state index in [-0.39, 0.29) is 11.3 Å². The van der Waals surface area contributed by atoms with Gasteiger partial charge in [-0.25, -0.2) is 8.78 Å². The summed E-state index contributed by atoms with van der Waals surface area (Å²) in [5.41, 5.74) is -0.564. The first-order valence-corrected chi connectivity index (χ1v) is 5.90. The van der Waals surface area contributed by atoms with Crippen LogP contribution in [0, 0.1) is 10.1 Å². The van der Waals surface area contributed by atoms with Gasteiger partial charge in [0.05, 0.1) is 11.5 Å². The van der Waals surface area contributed by atoms with Crippen LogP contribution in [0.4, 0.5) is 20.2 Å². The van der Waals surface area contributed by atoms with Crippen molar-refractivity contribution in [1.29, 1.82) is 0 Å². The van der Waals surface area contributed by atoms with Crippen LogP contribution in [0.5, 0.6) is 0 Å². The Kier molecular flexibility index (Phi) is 5.14. The number of hydrogen-bond acceptors (Lipinski definition) is 5. The molecule has 0 radical (unpaired) electrons. The van der Waals surface area contributed by atoms with E-state index in [9.17, 15) is 23.7 Å². The van der Waals surface area contributed by atoms with Crippen LogP contribution in [0.1, 0.15) is 10.4 Å². The van der Waals surface area contributed by atoms with Crippen molar-refractivity contribution in [2.45, 2.75) is 5.92 Å². The quantitative estimate of drug-likeness (QED) is 0.610. The molecule has 2 N–H and O–H groups in total. The molecule has 0 heterocycles. The lowest BCUT2D eigenvalue weighted by atomic mass is 10.1. The third kappa shape index (κ3) is 4.35. The second kappa shape index (κ2) is 6.44. The van der Waals surface area contributed by atoms with Crippen LogP contribution < -0.4 is 5.32 Å². The third-order valence-corrected chi connectivity index (χ3v) is 2.62. The lowest BCUT2D eigenvalue weighted by Crippen LogP contribution is -2.31. The van der Waals surface area contributed by atoms with Crippen LogP contribution in [-0.2, 0) is 0 Å². The molecule has 0 aliphatic carbocycles. The van der Waals surface area contributed by atoms with E-state index in [1.165, 1.54) is 31.1 Å². The Morgan fingerprint density at radius 2 is 2.10 bits per heavy atom. The highest BCUT2D eigenvalue weighted by Crippen LogP contribution is 2.27. The van der Waals surface area contributed by atoms with Gasteiger partial charge < -0.3 is 15.3 Å². The molecule has 0 saturated heterocycles. The van der Waals surface area contributed by atoms with Gasteiger partial charge >= 0.3 is 0 Å². The molecule has 21 heavy (non-hydrogen) atoms. The van der Waals surface area contributed by atoms with Crippen molar-refractivity contribution >= 4 is 17.3 Å². The van der Waals surface area contributed by atoms with E-state index in [0.717, 1.165) is 6.07 Å². The number of benzene rings is 1. The minimum absolute atomic E-state index is 0.0752. The summed E-state index contributed by atoms with van der Waals surface area (Å²) in [6, 6.07) is 3.50. The predicted octanol–water partition coefficient (Wildman–Crippen LogP) is 1.34. The maximum absolute atomic E-state index is 12.9.